The minimum atomic E-state index is -0.579. The van der Waals surface area contributed by atoms with Gasteiger partial charge in [-0.3, -0.25) is 0 Å². The van der Waals surface area contributed by atoms with E-state index < -0.39 is 18.0 Å². The van der Waals surface area contributed by atoms with Gasteiger partial charge in [-0.1, -0.05) is 0 Å². The van der Waals surface area contributed by atoms with Crippen molar-refractivity contribution in [1.82, 2.24) is 0 Å². The second-order valence-corrected chi connectivity index (χ2v) is 2.55. The normalized spacial score (nSPS) is 14.3. The van der Waals surface area contributed by atoms with Crippen molar-refractivity contribution in [3.8, 4) is 0 Å². The van der Waals surface area contributed by atoms with Crippen LogP contribution in [0.15, 0.2) is 12.2 Å². The highest BCUT2D eigenvalue weighted by molar-refractivity contribution is 6.04. The van der Waals surface area contributed by atoms with E-state index >= 15 is 0 Å². The first-order valence-corrected chi connectivity index (χ1v) is 4.42. The quantitative estimate of drug-likeness (QED) is 0.321. The minimum Gasteiger partial charge on any atom is -0.394 e. The van der Waals surface area contributed by atoms with Gasteiger partial charge >= 0.3 is 11.9 Å². The summed E-state index contributed by atoms with van der Waals surface area (Å²) in [4.78, 5) is 19.8. The zero-order chi connectivity index (χ0) is 13.0. The van der Waals surface area contributed by atoms with Crippen LogP contribution in [0.3, 0.4) is 0 Å². The minimum absolute atomic E-state index is 0.125. The molecular formula is C9H16O7. The molecule has 1 unspecified atom stereocenters. The van der Waals surface area contributed by atoms with Crippen LogP contribution in [0.1, 0.15) is 6.92 Å². The van der Waals surface area contributed by atoms with E-state index in [2.05, 4.69) is 4.74 Å². The molecule has 0 fully saturated rings. The van der Waals surface area contributed by atoms with Crippen molar-refractivity contribution in [2.75, 3.05) is 19.8 Å². The van der Waals surface area contributed by atoms with E-state index in [4.69, 9.17) is 20.4 Å². The van der Waals surface area contributed by atoms with Crippen LogP contribution in [0.25, 0.3) is 0 Å². The Hall–Kier alpha value is -1.28. The maximum atomic E-state index is 9.92. The molecule has 1 aliphatic heterocycles. The van der Waals surface area contributed by atoms with Crippen LogP contribution >= 0.6 is 0 Å². The van der Waals surface area contributed by atoms with E-state index in [1.54, 1.807) is 0 Å². The summed E-state index contributed by atoms with van der Waals surface area (Å²) in [5, 5.41) is 31.3. The van der Waals surface area contributed by atoms with E-state index in [0.29, 0.717) is 0 Å². The highest BCUT2D eigenvalue weighted by Gasteiger charge is 2.10. The molecule has 0 radical (unpaired) electrons. The average molecular weight is 236 g/mol. The number of carbonyl (C=O) groups excluding carboxylic acids is 2. The van der Waals surface area contributed by atoms with Crippen molar-refractivity contribution in [3.05, 3.63) is 12.2 Å². The molecule has 7 heteroatoms. The largest absolute Gasteiger partial charge is 0.394 e. The summed E-state index contributed by atoms with van der Waals surface area (Å²) >= 11 is 0. The monoisotopic (exact) mass is 236 g/mol. The number of esters is 2. The lowest BCUT2D eigenvalue weighted by Gasteiger charge is -1.90. The van der Waals surface area contributed by atoms with Crippen LogP contribution in [-0.4, -0.2) is 58.3 Å². The summed E-state index contributed by atoms with van der Waals surface area (Å²) in [6.45, 7) is 1.14. The Kier molecular flexibility index (Phi) is 12.6. The molecule has 0 saturated heterocycles. The van der Waals surface area contributed by atoms with Crippen LogP contribution in [-0.2, 0) is 14.3 Å². The predicted molar refractivity (Wildman–Crippen MR) is 53.2 cm³/mol. The number of hydrogen-bond acceptors (Lipinski definition) is 7. The van der Waals surface area contributed by atoms with Gasteiger partial charge in [0.05, 0.1) is 25.9 Å². The van der Waals surface area contributed by atoms with Crippen molar-refractivity contribution in [1.29, 1.82) is 0 Å². The standard InChI is InChI=1S/C4H2O3.C3H8O2.C2H6O2/c5-3-1-2-4(6)7-3;1-3(5)2-4;3-1-2-4/h1-2H;3-5H,2H2,1H3;3-4H,1-2H2. The lowest BCUT2D eigenvalue weighted by Crippen LogP contribution is -2.03. The van der Waals surface area contributed by atoms with Crippen molar-refractivity contribution < 1.29 is 34.8 Å². The summed E-state index contributed by atoms with van der Waals surface area (Å²) in [6, 6.07) is 0. The molecule has 7 nitrogen and oxygen atoms in total. The molecule has 94 valence electrons. The lowest BCUT2D eigenvalue weighted by atomic mass is 10.5. The van der Waals surface area contributed by atoms with E-state index in [-0.39, 0.29) is 19.8 Å². The van der Waals surface area contributed by atoms with Crippen LogP contribution in [0, 0.1) is 0 Å². The van der Waals surface area contributed by atoms with Crippen LogP contribution in [0.2, 0.25) is 0 Å². The fourth-order valence-electron chi connectivity index (χ4n) is 0.303. The SMILES string of the molecule is CC(O)CO.O=C1C=CC(=O)O1.OCCO. The van der Waals surface area contributed by atoms with E-state index in [1.807, 2.05) is 0 Å². The molecule has 0 aliphatic carbocycles. The third-order valence-corrected chi connectivity index (χ3v) is 0.921. The molecule has 0 aromatic heterocycles. The highest BCUT2D eigenvalue weighted by Crippen LogP contribution is 1.92. The van der Waals surface area contributed by atoms with Gasteiger partial charge in [-0.2, -0.15) is 0 Å². The summed E-state index contributed by atoms with van der Waals surface area (Å²) in [7, 11) is 0. The van der Waals surface area contributed by atoms with Gasteiger partial charge in [0.15, 0.2) is 0 Å². The van der Waals surface area contributed by atoms with E-state index in [0.717, 1.165) is 12.2 Å². The van der Waals surface area contributed by atoms with Crippen LogP contribution < -0.4 is 0 Å². The zero-order valence-corrected chi connectivity index (χ0v) is 8.87. The Morgan fingerprint density at radius 2 is 1.44 bits per heavy atom. The molecule has 0 saturated carbocycles. The molecular weight excluding hydrogens is 220 g/mol. The number of carbonyl (C=O) groups is 2. The first-order chi connectivity index (χ1) is 7.47. The van der Waals surface area contributed by atoms with Crippen molar-refractivity contribution in [2.24, 2.45) is 0 Å². The second kappa shape index (κ2) is 11.8. The Balaban J connectivity index is 0. The molecule has 0 aromatic rings. The van der Waals surface area contributed by atoms with Gasteiger partial charge in [-0.25, -0.2) is 9.59 Å². The number of cyclic esters (lactones) is 2. The van der Waals surface area contributed by atoms with Crippen molar-refractivity contribution in [2.45, 2.75) is 13.0 Å². The maximum Gasteiger partial charge on any atom is 0.338 e. The molecule has 0 bridgehead atoms. The molecule has 0 amide bonds. The topological polar surface area (TPSA) is 124 Å². The first kappa shape index (κ1) is 17.1. The molecule has 1 aliphatic rings. The Labute approximate surface area is 92.6 Å². The zero-order valence-electron chi connectivity index (χ0n) is 8.87. The summed E-state index contributed by atoms with van der Waals surface area (Å²) < 4.78 is 3.97. The summed E-state index contributed by atoms with van der Waals surface area (Å²) in [5.74, 6) is -1.16. The van der Waals surface area contributed by atoms with Gasteiger partial charge in [0.2, 0.25) is 0 Å². The average Bonchev–Trinajstić information content (AvgIpc) is 2.63. The van der Waals surface area contributed by atoms with Gasteiger partial charge in [0.25, 0.3) is 0 Å². The number of rotatable bonds is 2. The Morgan fingerprint density at radius 3 is 1.50 bits per heavy atom. The predicted octanol–water partition coefficient (Wildman–Crippen LogP) is -2.04. The highest BCUT2D eigenvalue weighted by atomic mass is 16.6. The molecule has 1 rings (SSSR count). The van der Waals surface area contributed by atoms with E-state index in [9.17, 15) is 9.59 Å². The molecule has 1 atom stereocenters. The van der Waals surface area contributed by atoms with Gasteiger partial charge < -0.3 is 25.2 Å². The first-order valence-electron chi connectivity index (χ1n) is 4.42. The lowest BCUT2D eigenvalue weighted by molar-refractivity contribution is -0.150. The fraction of sp³-hybridized carbons (Fsp3) is 0.556. The van der Waals surface area contributed by atoms with Gasteiger partial charge in [0, 0.05) is 12.2 Å². The maximum absolute atomic E-state index is 9.92. The molecule has 16 heavy (non-hydrogen) atoms. The number of ether oxygens (including phenoxy) is 1. The number of hydrogen-bond donors (Lipinski definition) is 4. The summed E-state index contributed by atoms with van der Waals surface area (Å²) in [5.41, 5.74) is 0. The number of aliphatic hydroxyl groups excluding tert-OH is 4. The Bertz CT molecular complexity index is 204. The molecule has 1 heterocycles. The van der Waals surface area contributed by atoms with E-state index in [1.165, 1.54) is 6.92 Å². The molecule has 0 spiro atoms. The smallest absolute Gasteiger partial charge is 0.338 e. The fourth-order valence-corrected chi connectivity index (χ4v) is 0.303. The van der Waals surface area contributed by atoms with Gasteiger partial charge in [-0.15, -0.1) is 0 Å². The second-order valence-electron chi connectivity index (χ2n) is 2.55. The summed E-state index contributed by atoms with van der Waals surface area (Å²) in [6.07, 6.45) is 1.61. The third kappa shape index (κ3) is 15.2. The van der Waals surface area contributed by atoms with Crippen molar-refractivity contribution in [3.63, 3.8) is 0 Å². The van der Waals surface area contributed by atoms with Gasteiger partial charge in [-0.05, 0) is 6.92 Å². The number of aliphatic hydroxyl groups is 4. The van der Waals surface area contributed by atoms with Gasteiger partial charge in [0.1, 0.15) is 0 Å². The third-order valence-electron chi connectivity index (χ3n) is 0.921. The van der Waals surface area contributed by atoms with Crippen molar-refractivity contribution >= 4 is 11.9 Å². The van der Waals surface area contributed by atoms with Crippen LogP contribution in [0.4, 0.5) is 0 Å². The molecule has 0 aromatic carbocycles. The molecule has 4 N–H and O–H groups in total. The van der Waals surface area contributed by atoms with Crippen LogP contribution in [0.5, 0.6) is 0 Å². The Morgan fingerprint density at radius 1 is 1.12 bits per heavy atom.